The van der Waals surface area contributed by atoms with Crippen LogP contribution < -0.4 is 5.32 Å². The van der Waals surface area contributed by atoms with E-state index in [-0.39, 0.29) is 18.4 Å². The largest absolute Gasteiger partial charge is 0.481 e. The number of aliphatic carboxylic acids is 1. The summed E-state index contributed by atoms with van der Waals surface area (Å²) in [6.07, 6.45) is 3.65. The Morgan fingerprint density at radius 1 is 1.19 bits per heavy atom. The van der Waals surface area contributed by atoms with Crippen molar-refractivity contribution >= 4 is 22.8 Å². The van der Waals surface area contributed by atoms with Crippen molar-refractivity contribution in [3.63, 3.8) is 0 Å². The molecule has 6 heteroatoms. The Kier molecular flexibility index (Phi) is 5.07. The molecule has 2 aliphatic rings. The molecule has 1 unspecified atom stereocenters. The molecule has 1 atom stereocenters. The summed E-state index contributed by atoms with van der Waals surface area (Å²) in [5.41, 5.74) is 2.35. The monoisotopic (exact) mass is 368 g/mol. The lowest BCUT2D eigenvalue weighted by Crippen LogP contribution is -2.39. The molecule has 0 radical (unpaired) electrons. The number of nitrogens with zero attached hydrogens (tertiary/aromatic N) is 1. The molecule has 1 amide bonds. The topological polar surface area (TPSA) is 88.5 Å². The third-order valence-corrected chi connectivity index (χ3v) is 5.61. The second kappa shape index (κ2) is 7.64. The van der Waals surface area contributed by atoms with Crippen LogP contribution >= 0.6 is 0 Å². The maximum Gasteiger partial charge on any atom is 0.308 e. The maximum absolute atomic E-state index is 12.9. The van der Waals surface area contributed by atoms with Gasteiger partial charge in [0, 0.05) is 36.8 Å². The minimum Gasteiger partial charge on any atom is -0.481 e. The summed E-state index contributed by atoms with van der Waals surface area (Å²) in [4.78, 5) is 29.3. The number of para-hydroxylation sites is 1. The van der Waals surface area contributed by atoms with Crippen LogP contribution in [0, 0.1) is 11.8 Å². The molecule has 1 aliphatic heterocycles. The van der Waals surface area contributed by atoms with Crippen LogP contribution in [0.15, 0.2) is 30.3 Å². The number of benzene rings is 1. The van der Waals surface area contributed by atoms with E-state index in [0.29, 0.717) is 24.7 Å². The normalized spacial score (nSPS) is 19.0. The van der Waals surface area contributed by atoms with Gasteiger partial charge in [0.1, 0.15) is 0 Å². The number of ether oxygens (including phenoxy) is 1. The number of carboxylic acid groups (broad SMARTS) is 1. The molecule has 27 heavy (non-hydrogen) atoms. The van der Waals surface area contributed by atoms with Crippen molar-refractivity contribution in [1.29, 1.82) is 0 Å². The minimum atomic E-state index is -0.861. The van der Waals surface area contributed by atoms with E-state index in [0.717, 1.165) is 42.3 Å². The molecular formula is C21H24N2O4. The Bertz CT molecular complexity index is 856. The van der Waals surface area contributed by atoms with Crippen molar-refractivity contribution in [2.75, 3.05) is 19.8 Å². The molecule has 142 valence electrons. The number of nitrogens with one attached hydrogen (secondary N) is 1. The summed E-state index contributed by atoms with van der Waals surface area (Å²) in [6.45, 7) is 1.30. The van der Waals surface area contributed by atoms with Crippen molar-refractivity contribution in [3.8, 4) is 0 Å². The highest BCUT2D eigenvalue weighted by molar-refractivity contribution is 6.06. The maximum atomic E-state index is 12.9. The molecule has 1 aromatic carbocycles. The number of fused-ring (bicyclic) bond motifs is 1. The highest BCUT2D eigenvalue weighted by atomic mass is 16.5. The van der Waals surface area contributed by atoms with Crippen LogP contribution in [0.5, 0.6) is 0 Å². The second-order valence-corrected chi connectivity index (χ2v) is 7.49. The standard InChI is InChI=1S/C21H24N2O4/c24-20(22-12-17(21(25)26)13-7-9-27-10-8-13)16-11-19(14-5-6-14)23-18-4-2-1-3-15(16)18/h1-4,11,13-14,17H,5-10,12H2,(H,22,24)(H,25,26). The molecule has 2 fully saturated rings. The number of rotatable bonds is 6. The summed E-state index contributed by atoms with van der Waals surface area (Å²) < 4.78 is 5.33. The van der Waals surface area contributed by atoms with Crippen LogP contribution in [0.2, 0.25) is 0 Å². The molecule has 2 aromatic rings. The van der Waals surface area contributed by atoms with Crippen LogP contribution in [0.25, 0.3) is 10.9 Å². The van der Waals surface area contributed by atoms with Crippen molar-refractivity contribution < 1.29 is 19.4 Å². The molecule has 2 N–H and O–H groups in total. The lowest BCUT2D eigenvalue weighted by Gasteiger charge is -2.27. The predicted molar refractivity (Wildman–Crippen MR) is 101 cm³/mol. The summed E-state index contributed by atoms with van der Waals surface area (Å²) in [6, 6.07) is 9.49. The molecule has 1 saturated heterocycles. The molecule has 2 heterocycles. The summed E-state index contributed by atoms with van der Waals surface area (Å²) in [5, 5.41) is 13.3. The van der Waals surface area contributed by atoms with E-state index in [4.69, 9.17) is 4.74 Å². The first-order valence-corrected chi connectivity index (χ1v) is 9.62. The van der Waals surface area contributed by atoms with E-state index in [1.807, 2.05) is 30.3 Å². The number of pyridine rings is 1. The summed E-state index contributed by atoms with van der Waals surface area (Å²) in [7, 11) is 0. The van der Waals surface area contributed by atoms with Gasteiger partial charge in [-0.05, 0) is 43.7 Å². The van der Waals surface area contributed by atoms with Gasteiger partial charge in [0.2, 0.25) is 0 Å². The quantitative estimate of drug-likeness (QED) is 0.818. The third-order valence-electron chi connectivity index (χ3n) is 5.61. The van der Waals surface area contributed by atoms with Crippen molar-refractivity contribution in [1.82, 2.24) is 10.3 Å². The van der Waals surface area contributed by atoms with Gasteiger partial charge in [0.25, 0.3) is 5.91 Å². The zero-order chi connectivity index (χ0) is 18.8. The molecule has 1 aromatic heterocycles. The van der Waals surface area contributed by atoms with E-state index in [1.54, 1.807) is 0 Å². The van der Waals surface area contributed by atoms with Gasteiger partial charge in [-0.25, -0.2) is 0 Å². The first-order chi connectivity index (χ1) is 13.1. The zero-order valence-corrected chi connectivity index (χ0v) is 15.2. The van der Waals surface area contributed by atoms with Crippen LogP contribution in [0.3, 0.4) is 0 Å². The fourth-order valence-corrected chi connectivity index (χ4v) is 3.84. The van der Waals surface area contributed by atoms with Crippen molar-refractivity contribution in [2.45, 2.75) is 31.6 Å². The van der Waals surface area contributed by atoms with Gasteiger partial charge in [-0.2, -0.15) is 0 Å². The van der Waals surface area contributed by atoms with Gasteiger partial charge in [-0.1, -0.05) is 18.2 Å². The highest BCUT2D eigenvalue weighted by Crippen LogP contribution is 2.40. The van der Waals surface area contributed by atoms with Crippen LogP contribution in [-0.2, 0) is 9.53 Å². The fourth-order valence-electron chi connectivity index (χ4n) is 3.84. The van der Waals surface area contributed by atoms with Crippen molar-refractivity contribution in [3.05, 3.63) is 41.6 Å². The molecule has 4 rings (SSSR count). The average Bonchev–Trinajstić information content (AvgIpc) is 3.53. The molecule has 6 nitrogen and oxygen atoms in total. The van der Waals surface area contributed by atoms with Gasteiger partial charge in [0.15, 0.2) is 0 Å². The Balaban J connectivity index is 1.54. The predicted octanol–water partition coefficient (Wildman–Crippen LogP) is 2.97. The van der Waals surface area contributed by atoms with Gasteiger partial charge in [0.05, 0.1) is 17.0 Å². The van der Waals surface area contributed by atoms with Gasteiger partial charge < -0.3 is 15.2 Å². The summed E-state index contributed by atoms with van der Waals surface area (Å²) in [5.74, 6) is -1.20. The third kappa shape index (κ3) is 3.95. The van der Waals surface area contributed by atoms with E-state index in [9.17, 15) is 14.7 Å². The first-order valence-electron chi connectivity index (χ1n) is 9.62. The Morgan fingerprint density at radius 3 is 2.63 bits per heavy atom. The van der Waals surface area contributed by atoms with Crippen LogP contribution in [-0.4, -0.2) is 41.7 Å². The molecule has 1 aliphatic carbocycles. The zero-order valence-electron chi connectivity index (χ0n) is 15.2. The van der Waals surface area contributed by atoms with Crippen LogP contribution in [0.4, 0.5) is 0 Å². The van der Waals surface area contributed by atoms with Gasteiger partial charge in [-0.3, -0.25) is 14.6 Å². The van der Waals surface area contributed by atoms with E-state index in [1.165, 1.54) is 0 Å². The Morgan fingerprint density at radius 2 is 1.93 bits per heavy atom. The highest BCUT2D eigenvalue weighted by Gasteiger charge is 2.31. The molecule has 0 spiro atoms. The second-order valence-electron chi connectivity index (χ2n) is 7.49. The lowest BCUT2D eigenvalue weighted by atomic mass is 9.86. The number of hydrogen-bond acceptors (Lipinski definition) is 4. The Hall–Kier alpha value is -2.47. The first kappa shape index (κ1) is 17.9. The number of carbonyl (C=O) groups excluding carboxylic acids is 1. The molecular weight excluding hydrogens is 344 g/mol. The van der Waals surface area contributed by atoms with Crippen molar-refractivity contribution in [2.24, 2.45) is 11.8 Å². The fraction of sp³-hybridized carbons (Fsp3) is 0.476. The van der Waals surface area contributed by atoms with Gasteiger partial charge in [-0.15, -0.1) is 0 Å². The van der Waals surface area contributed by atoms with E-state index in [2.05, 4.69) is 10.3 Å². The number of hydrogen-bond donors (Lipinski definition) is 2. The van der Waals surface area contributed by atoms with Gasteiger partial charge >= 0.3 is 5.97 Å². The lowest BCUT2D eigenvalue weighted by molar-refractivity contribution is -0.144. The molecule has 1 saturated carbocycles. The summed E-state index contributed by atoms with van der Waals surface area (Å²) >= 11 is 0. The molecule has 0 bridgehead atoms. The average molecular weight is 368 g/mol. The van der Waals surface area contributed by atoms with E-state index >= 15 is 0 Å². The SMILES string of the molecule is O=C(NCC(C(=O)O)C1CCOCC1)c1cc(C2CC2)nc2ccccc12. The van der Waals surface area contributed by atoms with E-state index < -0.39 is 11.9 Å². The van der Waals surface area contributed by atoms with Crippen LogP contribution in [0.1, 0.15) is 47.7 Å². The number of carboxylic acids is 1. The Labute approximate surface area is 157 Å². The minimum absolute atomic E-state index is 0.0350. The number of aromatic nitrogens is 1. The number of carbonyl (C=O) groups is 2. The smallest absolute Gasteiger partial charge is 0.308 e. The number of amides is 1.